The van der Waals surface area contributed by atoms with E-state index in [0.29, 0.717) is 0 Å². The SMILES string of the molecule is ON=C(Cl)c1ncc(OCC(F)F)cn1. The second kappa shape index (κ2) is 5.40. The molecule has 0 fully saturated rings. The summed E-state index contributed by atoms with van der Waals surface area (Å²) >= 11 is 5.38. The van der Waals surface area contributed by atoms with Crippen molar-refractivity contribution in [3.63, 3.8) is 0 Å². The fourth-order valence-electron chi connectivity index (χ4n) is 0.701. The average Bonchev–Trinajstić information content (AvgIpc) is 2.26. The Bertz CT molecular complexity index is 345. The average molecular weight is 238 g/mol. The lowest BCUT2D eigenvalue weighted by Gasteiger charge is -2.03. The van der Waals surface area contributed by atoms with Gasteiger partial charge < -0.3 is 9.94 Å². The normalized spacial score (nSPS) is 11.9. The molecule has 0 atom stereocenters. The highest BCUT2D eigenvalue weighted by atomic mass is 35.5. The molecule has 0 aliphatic carbocycles. The van der Waals surface area contributed by atoms with E-state index in [1.165, 1.54) is 0 Å². The van der Waals surface area contributed by atoms with Crippen LogP contribution in [-0.4, -0.2) is 33.4 Å². The van der Waals surface area contributed by atoms with E-state index in [1.54, 1.807) is 0 Å². The minimum absolute atomic E-state index is 0.0245. The van der Waals surface area contributed by atoms with Crippen LogP contribution in [0.3, 0.4) is 0 Å². The first-order valence-electron chi connectivity index (χ1n) is 3.74. The Morgan fingerprint density at radius 1 is 1.53 bits per heavy atom. The van der Waals surface area contributed by atoms with E-state index in [9.17, 15) is 8.78 Å². The topological polar surface area (TPSA) is 67.6 Å². The molecule has 0 radical (unpaired) electrons. The fourth-order valence-corrected chi connectivity index (χ4v) is 0.799. The summed E-state index contributed by atoms with van der Waals surface area (Å²) in [6, 6.07) is 0. The Balaban J connectivity index is 2.64. The van der Waals surface area contributed by atoms with Crippen molar-refractivity contribution in [3.8, 4) is 5.75 Å². The van der Waals surface area contributed by atoms with E-state index in [4.69, 9.17) is 16.8 Å². The van der Waals surface area contributed by atoms with E-state index in [-0.39, 0.29) is 16.7 Å². The lowest BCUT2D eigenvalue weighted by molar-refractivity contribution is 0.0815. The second-order valence-electron chi connectivity index (χ2n) is 2.34. The van der Waals surface area contributed by atoms with Gasteiger partial charge in [0.05, 0.1) is 12.4 Å². The third-order valence-corrected chi connectivity index (χ3v) is 1.52. The summed E-state index contributed by atoms with van der Waals surface area (Å²) in [5, 5.41) is 10.6. The quantitative estimate of drug-likeness (QED) is 0.489. The molecule has 0 amide bonds. The van der Waals surface area contributed by atoms with Crippen molar-refractivity contribution in [2.45, 2.75) is 6.43 Å². The van der Waals surface area contributed by atoms with Crippen LogP contribution in [0.4, 0.5) is 8.78 Å². The van der Waals surface area contributed by atoms with Crippen molar-refractivity contribution in [1.29, 1.82) is 0 Å². The standard InChI is InChI=1S/C7H6ClF2N3O2/c8-6(13-14)7-11-1-4(2-12-7)15-3-5(9)10/h1-2,5,14H,3H2. The van der Waals surface area contributed by atoms with Gasteiger partial charge in [-0.05, 0) is 0 Å². The largest absolute Gasteiger partial charge is 0.484 e. The highest BCUT2D eigenvalue weighted by Gasteiger charge is 2.06. The van der Waals surface area contributed by atoms with Crippen LogP contribution in [0, 0.1) is 0 Å². The van der Waals surface area contributed by atoms with Crippen LogP contribution in [0.25, 0.3) is 0 Å². The third-order valence-electron chi connectivity index (χ3n) is 1.28. The van der Waals surface area contributed by atoms with Crippen LogP contribution in [-0.2, 0) is 0 Å². The summed E-state index contributed by atoms with van der Waals surface area (Å²) < 4.78 is 28.1. The van der Waals surface area contributed by atoms with Crippen LogP contribution in [0.15, 0.2) is 17.5 Å². The summed E-state index contributed by atoms with van der Waals surface area (Å²) in [4.78, 5) is 7.25. The molecule has 0 aromatic carbocycles. The molecule has 0 saturated heterocycles. The molecular formula is C7H6ClF2N3O2. The van der Waals surface area contributed by atoms with Crippen LogP contribution >= 0.6 is 11.6 Å². The van der Waals surface area contributed by atoms with Gasteiger partial charge in [-0.2, -0.15) is 0 Å². The number of hydrogen-bond donors (Lipinski definition) is 1. The Morgan fingerprint density at radius 3 is 2.60 bits per heavy atom. The van der Waals surface area contributed by atoms with Gasteiger partial charge in [0.1, 0.15) is 6.61 Å². The molecule has 15 heavy (non-hydrogen) atoms. The van der Waals surface area contributed by atoms with Gasteiger partial charge in [-0.15, -0.1) is 0 Å². The van der Waals surface area contributed by atoms with Crippen molar-refractivity contribution < 1.29 is 18.7 Å². The van der Waals surface area contributed by atoms with Crippen molar-refractivity contribution in [1.82, 2.24) is 9.97 Å². The number of ether oxygens (including phenoxy) is 1. The van der Waals surface area contributed by atoms with Crippen LogP contribution < -0.4 is 4.74 Å². The zero-order chi connectivity index (χ0) is 11.3. The van der Waals surface area contributed by atoms with Gasteiger partial charge in [-0.3, -0.25) is 0 Å². The second-order valence-corrected chi connectivity index (χ2v) is 2.69. The smallest absolute Gasteiger partial charge is 0.272 e. The molecule has 1 aromatic rings. The van der Waals surface area contributed by atoms with E-state index < -0.39 is 13.0 Å². The highest BCUT2D eigenvalue weighted by Crippen LogP contribution is 2.08. The Hall–Kier alpha value is -1.50. The summed E-state index contributed by atoms with van der Waals surface area (Å²) in [7, 11) is 0. The third kappa shape index (κ3) is 3.62. The first kappa shape index (κ1) is 11.6. The van der Waals surface area contributed by atoms with E-state index in [2.05, 4.69) is 19.9 Å². The van der Waals surface area contributed by atoms with Gasteiger partial charge >= 0.3 is 0 Å². The number of oxime groups is 1. The Kier molecular flexibility index (Phi) is 4.17. The van der Waals surface area contributed by atoms with Gasteiger partial charge in [0, 0.05) is 0 Å². The highest BCUT2D eigenvalue weighted by molar-refractivity contribution is 6.68. The monoisotopic (exact) mass is 237 g/mol. The van der Waals surface area contributed by atoms with Crippen LogP contribution in [0.1, 0.15) is 5.82 Å². The molecule has 0 bridgehead atoms. The van der Waals surface area contributed by atoms with Crippen molar-refractivity contribution in [2.75, 3.05) is 6.61 Å². The molecule has 0 aliphatic heterocycles. The molecule has 82 valence electrons. The van der Waals surface area contributed by atoms with Crippen molar-refractivity contribution in [3.05, 3.63) is 18.2 Å². The minimum atomic E-state index is -2.56. The maximum Gasteiger partial charge on any atom is 0.272 e. The first-order chi connectivity index (χ1) is 7.13. The Morgan fingerprint density at radius 2 is 2.13 bits per heavy atom. The van der Waals surface area contributed by atoms with E-state index >= 15 is 0 Å². The van der Waals surface area contributed by atoms with Crippen molar-refractivity contribution in [2.24, 2.45) is 5.16 Å². The molecule has 1 heterocycles. The van der Waals surface area contributed by atoms with Gasteiger partial charge in [0.2, 0.25) is 5.17 Å². The summed E-state index contributed by atoms with van der Waals surface area (Å²) in [6.45, 7) is -0.732. The lowest BCUT2D eigenvalue weighted by Crippen LogP contribution is -2.08. The summed E-state index contributed by atoms with van der Waals surface area (Å²) in [5.74, 6) is 0.0602. The number of halogens is 3. The molecule has 0 saturated carbocycles. The van der Waals surface area contributed by atoms with Crippen LogP contribution in [0.5, 0.6) is 5.75 Å². The van der Waals surface area contributed by atoms with Crippen molar-refractivity contribution >= 4 is 16.8 Å². The molecule has 0 unspecified atom stereocenters. The van der Waals surface area contributed by atoms with Gasteiger partial charge in [-0.1, -0.05) is 16.8 Å². The zero-order valence-corrected chi connectivity index (χ0v) is 8.03. The number of alkyl halides is 2. The maximum absolute atomic E-state index is 11.7. The molecule has 1 N–H and O–H groups in total. The zero-order valence-electron chi connectivity index (χ0n) is 7.27. The van der Waals surface area contributed by atoms with Gasteiger partial charge in [-0.25, -0.2) is 18.7 Å². The van der Waals surface area contributed by atoms with Gasteiger partial charge in [0.25, 0.3) is 6.43 Å². The number of rotatable bonds is 4. The first-order valence-corrected chi connectivity index (χ1v) is 4.12. The Labute approximate surface area is 88.4 Å². The molecule has 8 heteroatoms. The molecule has 0 spiro atoms. The lowest BCUT2D eigenvalue weighted by atomic mass is 10.5. The summed E-state index contributed by atoms with van der Waals surface area (Å²) in [6.07, 6.45) is -0.261. The van der Waals surface area contributed by atoms with Crippen LogP contribution in [0.2, 0.25) is 0 Å². The fraction of sp³-hybridized carbons (Fsp3) is 0.286. The molecule has 1 aromatic heterocycles. The number of hydrogen-bond acceptors (Lipinski definition) is 5. The predicted octanol–water partition coefficient (Wildman–Crippen LogP) is 1.50. The number of aromatic nitrogens is 2. The molecule has 1 rings (SSSR count). The maximum atomic E-state index is 11.7. The molecular weight excluding hydrogens is 232 g/mol. The van der Waals surface area contributed by atoms with E-state index in [0.717, 1.165) is 12.4 Å². The van der Waals surface area contributed by atoms with Gasteiger partial charge in [0.15, 0.2) is 11.6 Å². The molecule has 0 aliphatic rings. The minimum Gasteiger partial charge on any atom is -0.484 e. The number of nitrogens with zero attached hydrogens (tertiary/aromatic N) is 3. The van der Waals surface area contributed by atoms with E-state index in [1.807, 2.05) is 0 Å². The predicted molar refractivity (Wildman–Crippen MR) is 47.7 cm³/mol. The summed E-state index contributed by atoms with van der Waals surface area (Å²) in [5.41, 5.74) is 0. The molecule has 5 nitrogen and oxygen atoms in total.